The van der Waals surface area contributed by atoms with Crippen molar-refractivity contribution in [2.24, 2.45) is 5.10 Å². The summed E-state index contributed by atoms with van der Waals surface area (Å²) in [5.41, 5.74) is 3.72. The van der Waals surface area contributed by atoms with Gasteiger partial charge in [-0.1, -0.05) is 17.7 Å². The molecule has 0 radical (unpaired) electrons. The van der Waals surface area contributed by atoms with E-state index in [2.05, 4.69) is 30.5 Å². The number of ether oxygens (including phenoxy) is 2. The van der Waals surface area contributed by atoms with Crippen LogP contribution in [0.2, 0.25) is 5.02 Å². The molecule has 0 amide bonds. The van der Waals surface area contributed by atoms with E-state index in [1.165, 1.54) is 42.6 Å². The molecule has 8 nitrogen and oxygen atoms in total. The van der Waals surface area contributed by atoms with Gasteiger partial charge in [0, 0.05) is 24.8 Å². The SMILES string of the molecule is Fc1cc(/C=N/Nc2cc(N3CCOCC3)nc(Nc3ccc(OC(F)(F)F)cc3)n2)ccc1Cl. The zero-order chi connectivity index (χ0) is 24.8. The lowest BCUT2D eigenvalue weighted by atomic mass is 10.2. The monoisotopic (exact) mass is 510 g/mol. The molecule has 1 aliphatic rings. The van der Waals surface area contributed by atoms with Crippen LogP contribution in [0.15, 0.2) is 53.6 Å². The van der Waals surface area contributed by atoms with Crippen LogP contribution in [0, 0.1) is 5.82 Å². The molecule has 13 heteroatoms. The first-order valence-electron chi connectivity index (χ1n) is 10.3. The lowest BCUT2D eigenvalue weighted by Crippen LogP contribution is -2.36. The van der Waals surface area contributed by atoms with E-state index in [-0.39, 0.29) is 16.7 Å². The number of anilines is 4. The van der Waals surface area contributed by atoms with Crippen molar-refractivity contribution in [2.45, 2.75) is 6.36 Å². The van der Waals surface area contributed by atoms with Gasteiger partial charge in [0.15, 0.2) is 5.82 Å². The van der Waals surface area contributed by atoms with Gasteiger partial charge in [0.2, 0.25) is 5.95 Å². The van der Waals surface area contributed by atoms with Gasteiger partial charge in [-0.15, -0.1) is 13.2 Å². The summed E-state index contributed by atoms with van der Waals surface area (Å²) in [6.45, 7) is 2.31. The first-order valence-corrected chi connectivity index (χ1v) is 10.7. The van der Waals surface area contributed by atoms with E-state index in [9.17, 15) is 17.6 Å². The summed E-state index contributed by atoms with van der Waals surface area (Å²) in [5, 5.41) is 7.07. The molecule has 4 rings (SSSR count). The van der Waals surface area contributed by atoms with Crippen molar-refractivity contribution in [3.63, 3.8) is 0 Å². The summed E-state index contributed by atoms with van der Waals surface area (Å²) in [6, 6.07) is 11.1. The summed E-state index contributed by atoms with van der Waals surface area (Å²) >= 11 is 5.69. The molecule has 3 aromatic rings. The second kappa shape index (κ2) is 10.7. The Bertz CT molecular complexity index is 1190. The van der Waals surface area contributed by atoms with E-state index in [1.807, 2.05) is 4.90 Å². The van der Waals surface area contributed by atoms with Crippen molar-refractivity contribution in [1.82, 2.24) is 9.97 Å². The van der Waals surface area contributed by atoms with Gasteiger partial charge in [0.05, 0.1) is 24.5 Å². The Hall–Kier alpha value is -3.64. The number of alkyl halides is 3. The average Bonchev–Trinajstić information content (AvgIpc) is 2.82. The molecule has 2 aromatic carbocycles. The molecule has 1 aliphatic heterocycles. The second-order valence-electron chi connectivity index (χ2n) is 7.28. The number of hydrogen-bond acceptors (Lipinski definition) is 8. The molecule has 0 spiro atoms. The van der Waals surface area contributed by atoms with Gasteiger partial charge in [-0.3, -0.25) is 5.43 Å². The Morgan fingerprint density at radius 2 is 1.80 bits per heavy atom. The first-order chi connectivity index (χ1) is 16.7. The zero-order valence-electron chi connectivity index (χ0n) is 18.0. The van der Waals surface area contributed by atoms with E-state index < -0.39 is 12.2 Å². The molecule has 0 aliphatic carbocycles. The predicted octanol–water partition coefficient (Wildman–Crippen LogP) is 5.19. The molecule has 184 valence electrons. The highest BCUT2D eigenvalue weighted by atomic mass is 35.5. The molecular weight excluding hydrogens is 492 g/mol. The van der Waals surface area contributed by atoms with E-state index in [0.29, 0.717) is 49.2 Å². The summed E-state index contributed by atoms with van der Waals surface area (Å²) in [5.74, 6) is 0.213. The van der Waals surface area contributed by atoms with Crippen molar-refractivity contribution in [3.05, 3.63) is 64.9 Å². The highest BCUT2D eigenvalue weighted by Gasteiger charge is 2.31. The fourth-order valence-electron chi connectivity index (χ4n) is 3.14. The van der Waals surface area contributed by atoms with Gasteiger partial charge in [-0.2, -0.15) is 15.1 Å². The number of nitrogens with zero attached hydrogens (tertiary/aromatic N) is 4. The highest BCUT2D eigenvalue weighted by Crippen LogP contribution is 2.26. The summed E-state index contributed by atoms with van der Waals surface area (Å²) in [7, 11) is 0. The Labute approximate surface area is 202 Å². The van der Waals surface area contributed by atoms with E-state index in [0.717, 1.165) is 0 Å². The molecule has 0 bridgehead atoms. The number of nitrogens with one attached hydrogen (secondary N) is 2. The number of morpholine rings is 1. The van der Waals surface area contributed by atoms with Crippen LogP contribution in [0.5, 0.6) is 5.75 Å². The maximum atomic E-state index is 13.6. The Morgan fingerprint density at radius 3 is 2.49 bits per heavy atom. The third-order valence-electron chi connectivity index (χ3n) is 4.73. The van der Waals surface area contributed by atoms with E-state index in [4.69, 9.17) is 16.3 Å². The first kappa shape index (κ1) is 24.5. The molecular formula is C22H19ClF4N6O2. The standard InChI is InChI=1S/C22H19ClF4N6O2/c23-17-6-1-14(11-18(17)24)13-28-32-19-12-20(33-7-9-34-10-8-33)31-21(30-19)29-15-2-4-16(5-3-15)35-22(25,26)27/h1-6,11-13H,7-10H2,(H2,29,30,31,32)/b28-13+. The fourth-order valence-corrected chi connectivity index (χ4v) is 3.25. The van der Waals surface area contributed by atoms with Crippen LogP contribution < -0.4 is 20.4 Å². The Kier molecular flexibility index (Phi) is 7.51. The average molecular weight is 511 g/mol. The van der Waals surface area contributed by atoms with Crippen molar-refractivity contribution in [3.8, 4) is 5.75 Å². The van der Waals surface area contributed by atoms with Gasteiger partial charge in [-0.25, -0.2) is 4.39 Å². The summed E-state index contributed by atoms with van der Waals surface area (Å²) in [4.78, 5) is 10.9. The largest absolute Gasteiger partial charge is 0.573 e. The molecule has 0 atom stereocenters. The number of halogens is 5. The van der Waals surface area contributed by atoms with Gasteiger partial charge in [0.25, 0.3) is 0 Å². The van der Waals surface area contributed by atoms with Gasteiger partial charge in [0.1, 0.15) is 17.4 Å². The van der Waals surface area contributed by atoms with E-state index in [1.54, 1.807) is 12.1 Å². The highest BCUT2D eigenvalue weighted by molar-refractivity contribution is 6.30. The fraction of sp³-hybridized carbons (Fsp3) is 0.227. The topological polar surface area (TPSA) is 83.9 Å². The quantitative estimate of drug-likeness (QED) is 0.257. The second-order valence-corrected chi connectivity index (χ2v) is 7.68. The van der Waals surface area contributed by atoms with Gasteiger partial charge in [-0.05, 0) is 42.0 Å². The van der Waals surface area contributed by atoms with Crippen LogP contribution in [0.3, 0.4) is 0 Å². The van der Waals surface area contributed by atoms with Crippen molar-refractivity contribution in [2.75, 3.05) is 41.9 Å². The zero-order valence-corrected chi connectivity index (χ0v) is 18.8. The third-order valence-corrected chi connectivity index (χ3v) is 5.03. The molecule has 0 unspecified atom stereocenters. The number of hydrogen-bond donors (Lipinski definition) is 2. The number of hydrazone groups is 1. The summed E-state index contributed by atoms with van der Waals surface area (Å²) < 4.78 is 60.1. The van der Waals surface area contributed by atoms with Crippen LogP contribution in [-0.4, -0.2) is 48.8 Å². The van der Waals surface area contributed by atoms with Crippen LogP contribution in [0.1, 0.15) is 5.56 Å². The lowest BCUT2D eigenvalue weighted by molar-refractivity contribution is -0.274. The van der Waals surface area contributed by atoms with Crippen LogP contribution in [0.4, 0.5) is 40.8 Å². The summed E-state index contributed by atoms with van der Waals surface area (Å²) in [6.07, 6.45) is -3.37. The number of rotatable bonds is 7. The van der Waals surface area contributed by atoms with Crippen molar-refractivity contribution in [1.29, 1.82) is 0 Å². The van der Waals surface area contributed by atoms with Gasteiger partial charge >= 0.3 is 6.36 Å². The molecule has 2 N–H and O–H groups in total. The van der Waals surface area contributed by atoms with Crippen LogP contribution in [0.25, 0.3) is 0 Å². The molecule has 1 saturated heterocycles. The molecule has 1 fully saturated rings. The van der Waals surface area contributed by atoms with Crippen molar-refractivity contribution >= 4 is 41.1 Å². The normalized spacial score (nSPS) is 14.3. The maximum absolute atomic E-state index is 13.6. The minimum absolute atomic E-state index is 0.00906. The third kappa shape index (κ3) is 7.17. The maximum Gasteiger partial charge on any atom is 0.573 e. The van der Waals surface area contributed by atoms with E-state index >= 15 is 0 Å². The molecule has 35 heavy (non-hydrogen) atoms. The lowest BCUT2D eigenvalue weighted by Gasteiger charge is -2.28. The minimum atomic E-state index is -4.77. The van der Waals surface area contributed by atoms with Gasteiger partial charge < -0.3 is 19.7 Å². The van der Waals surface area contributed by atoms with Crippen LogP contribution >= 0.6 is 11.6 Å². The minimum Gasteiger partial charge on any atom is -0.406 e. The molecule has 1 aromatic heterocycles. The van der Waals surface area contributed by atoms with Crippen LogP contribution in [-0.2, 0) is 4.74 Å². The smallest absolute Gasteiger partial charge is 0.406 e. The van der Waals surface area contributed by atoms with Crippen molar-refractivity contribution < 1.29 is 27.0 Å². The molecule has 2 heterocycles. The Balaban J connectivity index is 1.53. The number of aromatic nitrogens is 2. The predicted molar refractivity (Wildman–Crippen MR) is 124 cm³/mol. The number of benzene rings is 2. The molecule has 0 saturated carbocycles. The Morgan fingerprint density at radius 1 is 1.06 bits per heavy atom.